The Labute approximate surface area is 235 Å². The second kappa shape index (κ2) is 15.9. The van der Waals surface area contributed by atoms with E-state index < -0.39 is 11.9 Å². The van der Waals surface area contributed by atoms with Crippen molar-refractivity contribution < 1.29 is 39.8 Å². The third-order valence-corrected chi connectivity index (χ3v) is 5.58. The number of carboxylic acids is 2. The van der Waals surface area contributed by atoms with Gasteiger partial charge < -0.3 is 10.2 Å². The zero-order valence-electron chi connectivity index (χ0n) is 21.0. The van der Waals surface area contributed by atoms with Crippen LogP contribution in [0.3, 0.4) is 0 Å². The first-order valence-corrected chi connectivity index (χ1v) is 12.8. The van der Waals surface area contributed by atoms with Crippen molar-refractivity contribution in [2.45, 2.75) is 12.8 Å². The van der Waals surface area contributed by atoms with Crippen molar-refractivity contribution in [1.29, 1.82) is 0 Å². The van der Waals surface area contributed by atoms with Crippen molar-refractivity contribution in [2.75, 3.05) is 0 Å². The molecular formula is C33H28O4Ti. The van der Waals surface area contributed by atoms with Gasteiger partial charge in [-0.05, 0) is 12.8 Å². The zero-order valence-corrected chi connectivity index (χ0v) is 22.5. The number of fused-ring (bicyclic) bond motifs is 6. The maximum atomic E-state index is 9.25. The maximum absolute atomic E-state index is 9.25. The molecule has 0 saturated carbocycles. The quantitative estimate of drug-likeness (QED) is 0.149. The van der Waals surface area contributed by atoms with Gasteiger partial charge in [-0.2, -0.15) is 59.7 Å². The van der Waals surface area contributed by atoms with Crippen molar-refractivity contribution in [3.8, 4) is 22.3 Å². The molecule has 0 heterocycles. The molecule has 0 atom stereocenters. The smallest absolute Gasteiger partial charge is 0.0253 e. The normalized spacial score (nSPS) is 10.3. The van der Waals surface area contributed by atoms with Crippen molar-refractivity contribution in [3.63, 3.8) is 0 Å². The summed E-state index contributed by atoms with van der Waals surface area (Å²) in [7, 11) is 0. The van der Waals surface area contributed by atoms with E-state index in [-0.39, 0.29) is 0 Å². The van der Waals surface area contributed by atoms with Crippen LogP contribution in [0.4, 0.5) is 0 Å². The molecule has 0 amide bonds. The Hall–Kier alpha value is -4.12. The Bertz CT molecular complexity index is 1210. The SMILES string of the molecule is C=CC(=O)O.C=CC(=O)O.[CH2]=[Ti+2].[c-]1cccc2c1Cc1ccccc1-2.[c-]1cccc2c1Cc1ccccc1-2. The van der Waals surface area contributed by atoms with E-state index in [0.717, 1.165) is 25.0 Å². The molecule has 4 aromatic rings. The average Bonchev–Trinajstić information content (AvgIpc) is 3.53. The van der Waals surface area contributed by atoms with E-state index in [1.807, 2.05) is 12.1 Å². The average molecular weight is 536 g/mol. The zero-order chi connectivity index (χ0) is 27.9. The monoisotopic (exact) mass is 536 g/mol. The molecule has 0 saturated heterocycles. The van der Waals surface area contributed by atoms with Gasteiger partial charge in [0.1, 0.15) is 0 Å². The van der Waals surface area contributed by atoms with Crippen LogP contribution in [-0.4, -0.2) is 27.0 Å². The molecule has 2 aliphatic rings. The van der Waals surface area contributed by atoms with E-state index in [4.69, 9.17) is 10.2 Å². The molecule has 0 fully saturated rings. The van der Waals surface area contributed by atoms with Gasteiger partial charge in [0.05, 0.1) is 0 Å². The summed E-state index contributed by atoms with van der Waals surface area (Å²) in [5.74, 6) is -1.96. The first kappa shape index (κ1) is 30.1. The summed E-state index contributed by atoms with van der Waals surface area (Å²) >= 11 is 1.75. The molecule has 0 aliphatic heterocycles. The van der Waals surface area contributed by atoms with E-state index >= 15 is 0 Å². The summed E-state index contributed by atoms with van der Waals surface area (Å²) in [6.45, 7) is 5.92. The van der Waals surface area contributed by atoms with Crippen LogP contribution in [-0.2, 0) is 42.4 Å². The fourth-order valence-corrected chi connectivity index (χ4v) is 4.00. The minimum atomic E-state index is -0.981. The molecule has 0 bridgehead atoms. The van der Waals surface area contributed by atoms with Gasteiger partial charge in [-0.15, -0.1) is 11.1 Å². The van der Waals surface area contributed by atoms with Gasteiger partial charge in [-0.1, -0.05) is 83.9 Å². The fourth-order valence-electron chi connectivity index (χ4n) is 4.00. The van der Waals surface area contributed by atoms with Crippen molar-refractivity contribution >= 4 is 16.8 Å². The van der Waals surface area contributed by atoms with E-state index in [0.29, 0.717) is 0 Å². The minimum Gasteiger partial charge on any atom is -0.179 e. The van der Waals surface area contributed by atoms with Crippen molar-refractivity contribution in [3.05, 3.63) is 145 Å². The number of rotatable bonds is 2. The number of hydrogen-bond acceptors (Lipinski definition) is 2. The van der Waals surface area contributed by atoms with Crippen molar-refractivity contribution in [2.24, 2.45) is 0 Å². The maximum Gasteiger partial charge on any atom is -0.0253 e. The fraction of sp³-hybridized carbons (Fsp3) is 0.0606. The van der Waals surface area contributed by atoms with Gasteiger partial charge in [0.25, 0.3) is 0 Å². The molecule has 0 aromatic heterocycles. The number of benzene rings is 4. The number of carboxylic acid groups (broad SMARTS) is 2. The topological polar surface area (TPSA) is 74.6 Å². The first-order valence-electron chi connectivity index (χ1n) is 11.7. The van der Waals surface area contributed by atoms with Crippen molar-refractivity contribution in [1.82, 2.24) is 0 Å². The van der Waals surface area contributed by atoms with Crippen LogP contribution in [0.15, 0.2) is 110 Å². The number of hydrogen-bond donors (Lipinski definition) is 2. The molecule has 2 N–H and O–H groups in total. The van der Waals surface area contributed by atoms with Gasteiger partial charge in [-0.25, -0.2) is 9.59 Å². The first-order chi connectivity index (χ1) is 18.4. The van der Waals surface area contributed by atoms with Gasteiger partial charge in [0.2, 0.25) is 0 Å². The van der Waals surface area contributed by atoms with Gasteiger partial charge in [0, 0.05) is 12.2 Å². The van der Waals surface area contributed by atoms with Crippen LogP contribution in [0.2, 0.25) is 0 Å². The summed E-state index contributed by atoms with van der Waals surface area (Å²) in [6.07, 6.45) is 3.76. The minimum absolute atomic E-state index is 0.833. The predicted octanol–water partition coefficient (Wildman–Crippen LogP) is 6.60. The molecule has 2 aliphatic carbocycles. The Balaban J connectivity index is 0.000000191. The Kier molecular flexibility index (Phi) is 12.6. The molecule has 5 heteroatoms. The molecule has 6 rings (SSSR count). The van der Waals surface area contributed by atoms with Crippen LogP contribution < -0.4 is 0 Å². The Morgan fingerprint density at radius 2 is 0.947 bits per heavy atom. The standard InChI is InChI=1S/2C13H9.2C3H4O2.CH2.Ti/c2*1-3-7-12-10(5-1)9-11-6-2-4-8-13(11)12;2*1-2-3(4)5;;/h2*1-5,7-8H,9H2;2*2H,1H2,(H,4,5);1H2;/q2*-1;;;;+2. The second-order valence-corrected chi connectivity index (χ2v) is 7.88. The van der Waals surface area contributed by atoms with Crippen LogP contribution in [0, 0.1) is 12.1 Å². The third-order valence-electron chi connectivity index (χ3n) is 5.58. The summed E-state index contributed by atoms with van der Waals surface area (Å²) < 4.78 is 0. The van der Waals surface area contributed by atoms with E-state index in [1.54, 1.807) is 20.0 Å². The van der Waals surface area contributed by atoms with Crippen LogP contribution >= 0.6 is 0 Å². The summed E-state index contributed by atoms with van der Waals surface area (Å²) in [5.41, 5.74) is 11.0. The number of carbonyl (C=O) groups is 2. The molecule has 0 radical (unpaired) electrons. The molecule has 188 valence electrons. The largest absolute Gasteiger partial charge is 0.179 e. The summed E-state index contributed by atoms with van der Waals surface area (Å²) in [5, 5.41) is 15.2. The van der Waals surface area contributed by atoms with Gasteiger partial charge in [-0.3, -0.25) is 0 Å². The van der Waals surface area contributed by atoms with Crippen LogP contribution in [0.25, 0.3) is 22.3 Å². The molecule has 4 aromatic carbocycles. The Morgan fingerprint density at radius 1 is 0.632 bits per heavy atom. The van der Waals surface area contributed by atoms with Gasteiger partial charge >= 0.3 is 36.7 Å². The Morgan fingerprint density at radius 3 is 1.29 bits per heavy atom. The van der Waals surface area contributed by atoms with Crippen LogP contribution in [0.5, 0.6) is 0 Å². The molecule has 0 unspecified atom stereocenters. The van der Waals surface area contributed by atoms with Crippen LogP contribution in [0.1, 0.15) is 22.3 Å². The molecule has 4 nitrogen and oxygen atoms in total. The molecule has 0 spiro atoms. The second-order valence-electron chi connectivity index (χ2n) is 7.88. The summed E-state index contributed by atoms with van der Waals surface area (Å²) in [6, 6.07) is 36.2. The summed E-state index contributed by atoms with van der Waals surface area (Å²) in [4.78, 5) is 21.8. The molecular weight excluding hydrogens is 508 g/mol. The number of aliphatic carboxylic acids is 2. The van der Waals surface area contributed by atoms with Gasteiger partial charge in [0.15, 0.2) is 0 Å². The third kappa shape index (κ3) is 8.48. The molecule has 38 heavy (non-hydrogen) atoms. The predicted molar refractivity (Wildman–Crippen MR) is 150 cm³/mol. The van der Waals surface area contributed by atoms with E-state index in [2.05, 4.69) is 103 Å². The van der Waals surface area contributed by atoms with E-state index in [9.17, 15) is 9.59 Å². The van der Waals surface area contributed by atoms with E-state index in [1.165, 1.54) is 44.5 Å².